The number of fused-ring (bicyclic) bond motifs is 2. The van der Waals surface area contributed by atoms with Gasteiger partial charge in [-0.15, -0.1) is 0 Å². The van der Waals surface area contributed by atoms with Crippen molar-refractivity contribution in [3.05, 3.63) is 77.9 Å². The van der Waals surface area contributed by atoms with Crippen LogP contribution >= 0.6 is 0 Å². The van der Waals surface area contributed by atoms with Gasteiger partial charge in [-0.2, -0.15) is 0 Å². The minimum atomic E-state index is -1.77. The van der Waals surface area contributed by atoms with Crippen LogP contribution in [-0.4, -0.2) is 60.0 Å². The molecule has 8 nitrogen and oxygen atoms in total. The first kappa shape index (κ1) is 24.8. The number of carbonyl (C=O) groups excluding carboxylic acids is 3. The summed E-state index contributed by atoms with van der Waals surface area (Å²) in [5.41, 5.74) is -0.537. The summed E-state index contributed by atoms with van der Waals surface area (Å²) in [6.45, 7) is 6.96. The quantitative estimate of drug-likeness (QED) is 0.256. The molecule has 37 heavy (non-hydrogen) atoms. The summed E-state index contributed by atoms with van der Waals surface area (Å²) in [4.78, 5) is 44.5. The Kier molecular flexibility index (Phi) is 6.60. The minimum absolute atomic E-state index is 0.0791. The van der Waals surface area contributed by atoms with Gasteiger partial charge in [0.15, 0.2) is 5.54 Å². The van der Waals surface area contributed by atoms with Gasteiger partial charge in [0.1, 0.15) is 18.1 Å². The lowest BCUT2D eigenvalue weighted by Crippen LogP contribution is -2.53. The van der Waals surface area contributed by atoms with Gasteiger partial charge in [-0.1, -0.05) is 37.8 Å². The largest absolute Gasteiger partial charge is 0.507 e. The zero-order chi connectivity index (χ0) is 26.2. The molecule has 0 saturated carbocycles. The van der Waals surface area contributed by atoms with Crippen molar-refractivity contribution in [2.24, 2.45) is 0 Å². The maximum absolute atomic E-state index is 14.3. The van der Waals surface area contributed by atoms with Crippen molar-refractivity contribution in [1.82, 2.24) is 4.90 Å². The monoisotopic (exact) mass is 502 g/mol. The fourth-order valence-corrected chi connectivity index (χ4v) is 5.56. The van der Waals surface area contributed by atoms with Crippen molar-refractivity contribution in [3.8, 4) is 5.75 Å². The molecular formula is C29H30N2O6. The number of likely N-dealkylation sites (tertiary alicyclic amines) is 1. The molecule has 5 rings (SSSR count). The normalized spacial score (nSPS) is 24.2. The first-order valence-corrected chi connectivity index (χ1v) is 12.6. The Morgan fingerprint density at radius 1 is 1.19 bits per heavy atom. The Morgan fingerprint density at radius 3 is 2.62 bits per heavy atom. The maximum Gasteiger partial charge on any atom is 0.296 e. The highest BCUT2D eigenvalue weighted by atomic mass is 16.5. The summed E-state index contributed by atoms with van der Waals surface area (Å²) in [5, 5.41) is 11.6. The molecule has 3 aliphatic rings. The van der Waals surface area contributed by atoms with E-state index in [1.165, 1.54) is 4.90 Å². The highest BCUT2D eigenvalue weighted by molar-refractivity contribution is 6.50. The average Bonchev–Trinajstić information content (AvgIpc) is 3.57. The fraction of sp³-hybridized carbons (Fsp3) is 0.345. The molecule has 8 heteroatoms. The summed E-state index contributed by atoms with van der Waals surface area (Å²) >= 11 is 0. The van der Waals surface area contributed by atoms with Gasteiger partial charge in [0.05, 0.1) is 17.4 Å². The summed E-state index contributed by atoms with van der Waals surface area (Å²) < 4.78 is 11.3. The van der Waals surface area contributed by atoms with Crippen molar-refractivity contribution in [3.63, 3.8) is 0 Å². The Balaban J connectivity index is 1.71. The van der Waals surface area contributed by atoms with E-state index in [2.05, 4.69) is 6.58 Å². The van der Waals surface area contributed by atoms with Crippen LogP contribution in [0.5, 0.6) is 5.75 Å². The number of ether oxygens (including phenoxy) is 2. The third kappa shape index (κ3) is 3.83. The van der Waals surface area contributed by atoms with E-state index in [1.54, 1.807) is 47.4 Å². The lowest BCUT2D eigenvalue weighted by atomic mass is 9.81. The number of Topliss-reactive ketones (excluding diaryl/α,β-unsaturated/α-hetero) is 1. The molecule has 1 spiro atoms. The number of rotatable bonds is 8. The number of aliphatic hydroxyl groups excluding tert-OH is 1. The zero-order valence-electron chi connectivity index (χ0n) is 20.8. The first-order valence-electron chi connectivity index (χ1n) is 12.6. The highest BCUT2D eigenvalue weighted by Gasteiger charge is 2.67. The molecule has 0 aliphatic carbocycles. The molecule has 2 atom stereocenters. The van der Waals surface area contributed by atoms with Gasteiger partial charge in [-0.05, 0) is 49.6 Å². The Hall–Kier alpha value is -3.91. The number of ketones is 1. The maximum atomic E-state index is 14.3. The molecule has 2 amide bonds. The van der Waals surface area contributed by atoms with Crippen molar-refractivity contribution >= 4 is 29.0 Å². The second-order valence-corrected chi connectivity index (χ2v) is 9.41. The second-order valence-electron chi connectivity index (χ2n) is 9.41. The van der Waals surface area contributed by atoms with Crippen LogP contribution in [0.25, 0.3) is 5.76 Å². The first-order chi connectivity index (χ1) is 17.9. The lowest BCUT2D eigenvalue weighted by Gasteiger charge is -2.35. The van der Waals surface area contributed by atoms with E-state index < -0.39 is 28.9 Å². The van der Waals surface area contributed by atoms with Crippen LogP contribution < -0.4 is 9.64 Å². The number of para-hydroxylation sites is 1. The molecule has 2 aromatic rings. The van der Waals surface area contributed by atoms with E-state index in [0.29, 0.717) is 48.7 Å². The molecule has 2 aromatic carbocycles. The number of amides is 2. The van der Waals surface area contributed by atoms with Crippen LogP contribution in [-0.2, 0) is 24.7 Å². The summed E-state index contributed by atoms with van der Waals surface area (Å²) in [6, 6.07) is 13.7. The molecule has 192 valence electrons. The Labute approximate surface area is 215 Å². The molecule has 0 bridgehead atoms. The van der Waals surface area contributed by atoms with Gasteiger partial charge < -0.3 is 24.4 Å². The number of carbonyl (C=O) groups is 3. The summed E-state index contributed by atoms with van der Waals surface area (Å²) in [7, 11) is 0. The lowest BCUT2D eigenvalue weighted by molar-refractivity contribution is -0.145. The van der Waals surface area contributed by atoms with Crippen molar-refractivity contribution in [2.75, 3.05) is 31.2 Å². The van der Waals surface area contributed by atoms with Crippen LogP contribution in [0, 0.1) is 0 Å². The zero-order valence-corrected chi connectivity index (χ0v) is 20.8. The van der Waals surface area contributed by atoms with Gasteiger partial charge in [0.25, 0.3) is 17.6 Å². The van der Waals surface area contributed by atoms with Crippen LogP contribution in [0.3, 0.4) is 0 Å². The number of nitrogens with zero attached hydrogens (tertiary/aromatic N) is 2. The number of benzene rings is 2. The molecule has 2 fully saturated rings. The van der Waals surface area contributed by atoms with E-state index in [0.717, 1.165) is 12.8 Å². The average molecular weight is 503 g/mol. The van der Waals surface area contributed by atoms with Crippen LogP contribution in [0.1, 0.15) is 37.3 Å². The molecular weight excluding hydrogens is 472 g/mol. The second kappa shape index (κ2) is 9.86. The Morgan fingerprint density at radius 2 is 1.95 bits per heavy atom. The van der Waals surface area contributed by atoms with Gasteiger partial charge in [0, 0.05) is 30.8 Å². The van der Waals surface area contributed by atoms with Gasteiger partial charge in [-0.3, -0.25) is 14.4 Å². The van der Waals surface area contributed by atoms with E-state index in [4.69, 9.17) is 9.47 Å². The van der Waals surface area contributed by atoms with Gasteiger partial charge >= 0.3 is 0 Å². The van der Waals surface area contributed by atoms with Gasteiger partial charge in [0.2, 0.25) is 0 Å². The molecule has 1 N–H and O–H groups in total. The van der Waals surface area contributed by atoms with E-state index >= 15 is 0 Å². The number of aliphatic hydroxyl groups is 1. The molecule has 0 radical (unpaired) electrons. The predicted molar refractivity (Wildman–Crippen MR) is 138 cm³/mol. The predicted octanol–water partition coefficient (Wildman–Crippen LogP) is 3.76. The number of hydrogen-bond donors (Lipinski definition) is 1. The molecule has 2 saturated heterocycles. The van der Waals surface area contributed by atoms with Gasteiger partial charge in [-0.25, -0.2) is 0 Å². The minimum Gasteiger partial charge on any atom is -0.507 e. The molecule has 3 heterocycles. The smallest absolute Gasteiger partial charge is 0.296 e. The topological polar surface area (TPSA) is 96.4 Å². The summed E-state index contributed by atoms with van der Waals surface area (Å²) in [6.07, 6.45) is 3.57. The van der Waals surface area contributed by atoms with Crippen molar-refractivity contribution < 1.29 is 29.0 Å². The molecule has 2 unspecified atom stereocenters. The van der Waals surface area contributed by atoms with E-state index in [9.17, 15) is 19.5 Å². The third-order valence-electron chi connectivity index (χ3n) is 7.16. The van der Waals surface area contributed by atoms with E-state index in [-0.39, 0.29) is 18.2 Å². The highest BCUT2D eigenvalue weighted by Crippen LogP contribution is 2.53. The van der Waals surface area contributed by atoms with Crippen molar-refractivity contribution in [2.45, 2.75) is 37.8 Å². The van der Waals surface area contributed by atoms with Crippen LogP contribution in [0.15, 0.2) is 66.8 Å². The third-order valence-corrected chi connectivity index (χ3v) is 7.16. The molecule has 3 aliphatic heterocycles. The van der Waals surface area contributed by atoms with E-state index in [1.807, 2.05) is 19.1 Å². The number of anilines is 1. The Bertz CT molecular complexity index is 1280. The standard InChI is InChI=1S/C29H30N2O6/c1-3-15-30-23-10-6-5-9-22(23)29(28(30)35)24(25(32)19-11-13-20(14-12-19)36-16-4-2)26(33)27(34)31(29)18-21-8-7-17-37-21/h4-6,9-14,21,32H,2-3,7-8,15-18H2,1H3/b25-24-. The fourth-order valence-electron chi connectivity index (χ4n) is 5.56. The van der Waals surface area contributed by atoms with Crippen LogP contribution in [0.4, 0.5) is 5.69 Å². The number of hydrogen-bond acceptors (Lipinski definition) is 6. The van der Waals surface area contributed by atoms with Crippen molar-refractivity contribution in [1.29, 1.82) is 0 Å². The van der Waals surface area contributed by atoms with Crippen LogP contribution in [0.2, 0.25) is 0 Å². The SMILES string of the molecule is C=CCOc1ccc(/C(O)=C2\C(=O)C(=O)N(CC3CCCO3)C23C(=O)N(CCC)c2ccccc23)cc1. The molecule has 0 aromatic heterocycles. The summed E-state index contributed by atoms with van der Waals surface area (Å²) in [5.74, 6) is -1.96.